The summed E-state index contributed by atoms with van der Waals surface area (Å²) in [6.07, 6.45) is 4.73. The van der Waals surface area contributed by atoms with E-state index in [0.29, 0.717) is 0 Å². The van der Waals surface area contributed by atoms with E-state index in [-0.39, 0.29) is 33.8 Å². The fourth-order valence-corrected chi connectivity index (χ4v) is 12.0. The van der Waals surface area contributed by atoms with Gasteiger partial charge in [-0.2, -0.15) is 0 Å². The van der Waals surface area contributed by atoms with E-state index >= 15 is 0 Å². The highest BCUT2D eigenvalue weighted by molar-refractivity contribution is 7.00. The minimum absolute atomic E-state index is 0.00371. The molecular formula is C58H63BN2O. The Kier molecular flexibility index (Phi) is 8.12. The minimum atomic E-state index is 0.00371. The van der Waals surface area contributed by atoms with Crippen molar-refractivity contribution in [3.05, 3.63) is 136 Å². The molecular weight excluding hydrogens is 751 g/mol. The SMILES string of the molecule is Cc1cc2c3c(c1)N(c1ccccc1C)c1cc4c(cc1B3c1cc3c(cc1N2c1ccc2c(c1)C(C)(C)CCC2(C)C)C(C)(C)CCC3(C)C)oc1ccc(C(C)(C)C)cc14. The lowest BCUT2D eigenvalue weighted by Crippen LogP contribution is -2.62. The van der Waals surface area contributed by atoms with Gasteiger partial charge in [0.05, 0.1) is 0 Å². The van der Waals surface area contributed by atoms with Gasteiger partial charge in [-0.1, -0.05) is 113 Å². The summed E-state index contributed by atoms with van der Waals surface area (Å²) in [5, 5.41) is 2.35. The number of fused-ring (bicyclic) bond motifs is 9. The number of hydrogen-bond acceptors (Lipinski definition) is 3. The third kappa shape index (κ3) is 5.63. The van der Waals surface area contributed by atoms with E-state index in [1.54, 1.807) is 0 Å². The first-order valence-electron chi connectivity index (χ1n) is 23.3. The van der Waals surface area contributed by atoms with Crippen LogP contribution in [0.4, 0.5) is 34.1 Å². The fraction of sp³-hybridized carbons (Fsp3) is 0.379. The van der Waals surface area contributed by atoms with Crippen LogP contribution in [0.25, 0.3) is 21.9 Å². The van der Waals surface area contributed by atoms with E-state index in [2.05, 4.69) is 197 Å². The van der Waals surface area contributed by atoms with Gasteiger partial charge in [0.1, 0.15) is 11.2 Å². The van der Waals surface area contributed by atoms with Crippen molar-refractivity contribution in [3.8, 4) is 0 Å². The second-order valence-corrected chi connectivity index (χ2v) is 23.3. The normalized spacial score (nSPS) is 18.9. The standard InChI is InChI=1S/C58H63BN2O/c1-34-26-49-53-50(27-34)61(46-17-15-14-16-35(46)2)47-30-39-38-28-36(54(3,4)5)18-21-51(38)62-52(39)33-45(47)59(53)44-31-42-43(58(12,13)25-24-57(42,10)11)32-48(44)60(49)37-19-20-40-41(29-37)56(8,9)23-22-55(40,6)7/h14-21,26-33H,22-25H2,1-13H3. The van der Waals surface area contributed by atoms with Crippen molar-refractivity contribution in [2.75, 3.05) is 9.80 Å². The number of hydrogen-bond donors (Lipinski definition) is 0. The van der Waals surface area contributed by atoms with Crippen LogP contribution in [0.3, 0.4) is 0 Å². The predicted molar refractivity (Wildman–Crippen MR) is 266 cm³/mol. The molecule has 6 aromatic carbocycles. The van der Waals surface area contributed by atoms with E-state index in [0.717, 1.165) is 11.2 Å². The lowest BCUT2D eigenvalue weighted by molar-refractivity contribution is 0.332. The number of aryl methyl sites for hydroxylation is 2. The van der Waals surface area contributed by atoms with Crippen molar-refractivity contribution >= 4 is 79.2 Å². The number of furan rings is 1. The third-order valence-electron chi connectivity index (χ3n) is 16.1. The fourth-order valence-electron chi connectivity index (χ4n) is 12.0. The second kappa shape index (κ2) is 12.7. The molecule has 0 atom stereocenters. The van der Waals surface area contributed by atoms with Gasteiger partial charge in [-0.05, 0) is 183 Å². The molecule has 7 aromatic rings. The summed E-state index contributed by atoms with van der Waals surface area (Å²) in [5.74, 6) is 0. The van der Waals surface area contributed by atoms with Crippen molar-refractivity contribution in [2.45, 2.75) is 143 Å². The molecule has 1 aromatic heterocycles. The van der Waals surface area contributed by atoms with Gasteiger partial charge < -0.3 is 14.2 Å². The summed E-state index contributed by atoms with van der Waals surface area (Å²) in [4.78, 5) is 5.26. The molecule has 11 rings (SSSR count). The predicted octanol–water partition coefficient (Wildman–Crippen LogP) is 14.3. The highest BCUT2D eigenvalue weighted by Gasteiger charge is 2.47. The van der Waals surface area contributed by atoms with Gasteiger partial charge in [-0.15, -0.1) is 0 Å². The second-order valence-electron chi connectivity index (χ2n) is 23.3. The number of benzene rings is 6. The largest absolute Gasteiger partial charge is 0.456 e. The van der Waals surface area contributed by atoms with Gasteiger partial charge in [0.2, 0.25) is 0 Å². The zero-order chi connectivity index (χ0) is 43.6. The first-order valence-corrected chi connectivity index (χ1v) is 23.3. The van der Waals surface area contributed by atoms with Crippen LogP contribution in [0.1, 0.15) is 141 Å². The first kappa shape index (κ1) is 39.6. The number of anilines is 6. The molecule has 2 aliphatic heterocycles. The van der Waals surface area contributed by atoms with Gasteiger partial charge >= 0.3 is 0 Å². The van der Waals surface area contributed by atoms with Gasteiger partial charge in [0.15, 0.2) is 0 Å². The molecule has 0 unspecified atom stereocenters. The average molecular weight is 815 g/mol. The first-order chi connectivity index (χ1) is 29.1. The van der Waals surface area contributed by atoms with E-state index in [4.69, 9.17) is 4.42 Å². The Labute approximate surface area is 370 Å². The molecule has 3 heterocycles. The summed E-state index contributed by atoms with van der Waals surface area (Å²) >= 11 is 0. The van der Waals surface area contributed by atoms with Crippen LogP contribution in [0.2, 0.25) is 0 Å². The molecule has 2 aliphatic carbocycles. The van der Waals surface area contributed by atoms with Crippen molar-refractivity contribution in [2.24, 2.45) is 0 Å². The van der Waals surface area contributed by atoms with E-state index in [1.807, 2.05) is 0 Å². The summed E-state index contributed by atoms with van der Waals surface area (Å²) in [7, 11) is 0. The van der Waals surface area contributed by atoms with Crippen molar-refractivity contribution in [1.82, 2.24) is 0 Å². The Morgan fingerprint density at radius 3 is 1.73 bits per heavy atom. The Morgan fingerprint density at radius 2 is 1.06 bits per heavy atom. The molecule has 0 radical (unpaired) electrons. The maximum atomic E-state index is 6.89. The summed E-state index contributed by atoms with van der Waals surface area (Å²) in [5.41, 5.74) is 23.7. The highest BCUT2D eigenvalue weighted by Crippen LogP contribution is 2.53. The monoisotopic (exact) mass is 815 g/mol. The molecule has 4 aliphatic rings. The van der Waals surface area contributed by atoms with Crippen LogP contribution in [0.5, 0.6) is 0 Å². The molecule has 0 N–H and O–H groups in total. The average Bonchev–Trinajstić information content (AvgIpc) is 3.57. The van der Waals surface area contributed by atoms with Crippen LogP contribution in [0.15, 0.2) is 101 Å². The lowest BCUT2D eigenvalue weighted by Gasteiger charge is -2.48. The van der Waals surface area contributed by atoms with Crippen molar-refractivity contribution in [1.29, 1.82) is 0 Å². The molecule has 4 heteroatoms. The van der Waals surface area contributed by atoms with Crippen LogP contribution in [0, 0.1) is 13.8 Å². The van der Waals surface area contributed by atoms with Gasteiger partial charge in [0, 0.05) is 44.9 Å². The van der Waals surface area contributed by atoms with E-state index in [1.165, 1.54) is 126 Å². The number of para-hydroxylation sites is 1. The summed E-state index contributed by atoms with van der Waals surface area (Å²) in [6, 6.07) is 38.4. The summed E-state index contributed by atoms with van der Waals surface area (Å²) < 4.78 is 6.89. The van der Waals surface area contributed by atoms with Crippen LogP contribution in [-0.2, 0) is 27.1 Å². The molecule has 0 spiro atoms. The topological polar surface area (TPSA) is 19.6 Å². The van der Waals surface area contributed by atoms with Crippen molar-refractivity contribution < 1.29 is 4.42 Å². The number of nitrogens with zero attached hydrogens (tertiary/aromatic N) is 2. The lowest BCUT2D eigenvalue weighted by atomic mass is 9.33. The minimum Gasteiger partial charge on any atom is -0.456 e. The molecule has 314 valence electrons. The molecule has 0 amide bonds. The van der Waals surface area contributed by atoms with E-state index < -0.39 is 0 Å². The smallest absolute Gasteiger partial charge is 0.252 e. The summed E-state index contributed by atoms with van der Waals surface area (Å²) in [6.45, 7) is 31.1. The Morgan fingerprint density at radius 1 is 0.500 bits per heavy atom. The molecule has 0 fully saturated rings. The molecule has 0 saturated carbocycles. The van der Waals surface area contributed by atoms with Crippen LogP contribution >= 0.6 is 0 Å². The maximum Gasteiger partial charge on any atom is 0.252 e. The highest BCUT2D eigenvalue weighted by atomic mass is 16.3. The van der Waals surface area contributed by atoms with Gasteiger partial charge in [-0.3, -0.25) is 0 Å². The van der Waals surface area contributed by atoms with Crippen molar-refractivity contribution in [3.63, 3.8) is 0 Å². The van der Waals surface area contributed by atoms with Crippen LogP contribution < -0.4 is 26.2 Å². The Hall–Kier alpha value is -5.22. The molecule has 0 saturated heterocycles. The number of rotatable bonds is 2. The molecule has 3 nitrogen and oxygen atoms in total. The van der Waals surface area contributed by atoms with Gasteiger partial charge in [0.25, 0.3) is 6.71 Å². The Balaban J connectivity index is 1.27. The third-order valence-corrected chi connectivity index (χ3v) is 16.1. The van der Waals surface area contributed by atoms with Crippen LogP contribution in [-0.4, -0.2) is 6.71 Å². The molecule has 0 bridgehead atoms. The maximum absolute atomic E-state index is 6.89. The van der Waals surface area contributed by atoms with E-state index in [9.17, 15) is 0 Å². The zero-order valence-electron chi connectivity index (χ0n) is 39.4. The zero-order valence-corrected chi connectivity index (χ0v) is 39.4. The Bertz CT molecular complexity index is 3060. The molecule has 62 heavy (non-hydrogen) atoms. The quantitative estimate of drug-likeness (QED) is 0.162. The van der Waals surface area contributed by atoms with Gasteiger partial charge in [-0.25, -0.2) is 0 Å².